The standard InChI is InChI=1S/C18H18N2O2S/c1-12-13(9-11-22-12)18(21)20-10-5-4-7-15(20)17-19-14-6-2-3-8-16(14)23-17/h2-3,6,8-9,11,15H,4-5,7,10H2,1H3. The van der Waals surface area contributed by atoms with Gasteiger partial charge in [-0.2, -0.15) is 0 Å². The fraction of sp³-hybridized carbons (Fsp3) is 0.333. The first-order valence-corrected chi connectivity index (χ1v) is 8.76. The summed E-state index contributed by atoms with van der Waals surface area (Å²) in [6.07, 6.45) is 4.74. The summed E-state index contributed by atoms with van der Waals surface area (Å²) in [6, 6.07) is 9.99. The van der Waals surface area contributed by atoms with E-state index in [0.717, 1.165) is 36.3 Å². The molecule has 0 saturated carbocycles. The average Bonchev–Trinajstić information content (AvgIpc) is 3.20. The van der Waals surface area contributed by atoms with Crippen LogP contribution in [0, 0.1) is 6.92 Å². The molecule has 1 fully saturated rings. The van der Waals surface area contributed by atoms with Gasteiger partial charge in [-0.25, -0.2) is 4.98 Å². The van der Waals surface area contributed by atoms with Crippen LogP contribution in [0.1, 0.15) is 46.4 Å². The third kappa shape index (κ3) is 2.55. The van der Waals surface area contributed by atoms with Crippen LogP contribution in [0.3, 0.4) is 0 Å². The normalized spacial score (nSPS) is 18.5. The van der Waals surface area contributed by atoms with Gasteiger partial charge in [0.2, 0.25) is 0 Å². The van der Waals surface area contributed by atoms with Crippen molar-refractivity contribution >= 4 is 27.5 Å². The number of carbonyl (C=O) groups is 1. The highest BCUT2D eigenvalue weighted by atomic mass is 32.1. The van der Waals surface area contributed by atoms with Crippen molar-refractivity contribution in [2.45, 2.75) is 32.2 Å². The van der Waals surface area contributed by atoms with E-state index in [0.29, 0.717) is 11.3 Å². The fourth-order valence-electron chi connectivity index (χ4n) is 3.23. The van der Waals surface area contributed by atoms with Gasteiger partial charge in [-0.1, -0.05) is 12.1 Å². The van der Waals surface area contributed by atoms with Gasteiger partial charge in [-0.05, 0) is 44.4 Å². The van der Waals surface area contributed by atoms with Gasteiger partial charge in [-0.3, -0.25) is 4.79 Å². The van der Waals surface area contributed by atoms with Crippen LogP contribution in [0.15, 0.2) is 41.0 Å². The van der Waals surface area contributed by atoms with Crippen molar-refractivity contribution in [2.24, 2.45) is 0 Å². The van der Waals surface area contributed by atoms with Gasteiger partial charge in [0.25, 0.3) is 5.91 Å². The third-order valence-corrected chi connectivity index (χ3v) is 5.59. The van der Waals surface area contributed by atoms with Crippen molar-refractivity contribution in [3.05, 3.63) is 52.9 Å². The Bertz CT molecular complexity index is 818. The highest BCUT2D eigenvalue weighted by Crippen LogP contribution is 2.36. The molecule has 0 N–H and O–H groups in total. The maximum absolute atomic E-state index is 12.9. The molecular formula is C18H18N2O2S. The van der Waals surface area contributed by atoms with Crippen molar-refractivity contribution in [1.29, 1.82) is 0 Å². The summed E-state index contributed by atoms with van der Waals surface area (Å²) in [4.78, 5) is 19.7. The molecule has 3 heterocycles. The number of thiazole rings is 1. The number of fused-ring (bicyclic) bond motifs is 1. The molecule has 3 aromatic rings. The maximum Gasteiger partial charge on any atom is 0.257 e. The molecular weight excluding hydrogens is 308 g/mol. The third-order valence-electron chi connectivity index (χ3n) is 4.45. The fourth-order valence-corrected chi connectivity index (χ4v) is 4.34. The maximum atomic E-state index is 12.9. The number of rotatable bonds is 2. The zero-order valence-electron chi connectivity index (χ0n) is 13.0. The van der Waals surface area contributed by atoms with Crippen LogP contribution in [0.25, 0.3) is 10.2 Å². The Morgan fingerprint density at radius 1 is 1.30 bits per heavy atom. The number of aryl methyl sites for hydroxylation is 1. The highest BCUT2D eigenvalue weighted by Gasteiger charge is 2.32. The molecule has 0 radical (unpaired) electrons. The van der Waals surface area contributed by atoms with E-state index >= 15 is 0 Å². The lowest BCUT2D eigenvalue weighted by Crippen LogP contribution is -2.38. The lowest BCUT2D eigenvalue weighted by Gasteiger charge is -2.34. The number of likely N-dealkylation sites (tertiary alicyclic amines) is 1. The molecule has 0 bridgehead atoms. The number of carbonyl (C=O) groups excluding carboxylic acids is 1. The lowest BCUT2D eigenvalue weighted by atomic mass is 10.0. The largest absolute Gasteiger partial charge is 0.469 e. The number of hydrogen-bond acceptors (Lipinski definition) is 4. The van der Waals surface area contributed by atoms with Gasteiger partial charge in [0.1, 0.15) is 10.8 Å². The molecule has 5 heteroatoms. The summed E-state index contributed by atoms with van der Waals surface area (Å²) < 4.78 is 6.49. The first-order chi connectivity index (χ1) is 11.2. The number of benzene rings is 1. The average molecular weight is 326 g/mol. The van der Waals surface area contributed by atoms with Crippen LogP contribution in [-0.2, 0) is 0 Å². The SMILES string of the molecule is Cc1occc1C(=O)N1CCCCC1c1nc2ccccc2s1. The summed E-state index contributed by atoms with van der Waals surface area (Å²) in [5.74, 6) is 0.740. The zero-order valence-corrected chi connectivity index (χ0v) is 13.8. The number of piperidine rings is 1. The van der Waals surface area contributed by atoms with Crippen molar-refractivity contribution < 1.29 is 9.21 Å². The van der Waals surface area contributed by atoms with Gasteiger partial charge >= 0.3 is 0 Å². The molecule has 1 amide bonds. The van der Waals surface area contributed by atoms with Crippen LogP contribution >= 0.6 is 11.3 Å². The predicted octanol–water partition coefficient (Wildman–Crippen LogP) is 4.57. The Morgan fingerprint density at radius 3 is 2.96 bits per heavy atom. The smallest absolute Gasteiger partial charge is 0.257 e. The lowest BCUT2D eigenvalue weighted by molar-refractivity contribution is 0.0609. The molecule has 1 aliphatic rings. The van der Waals surface area contributed by atoms with Gasteiger partial charge in [0.05, 0.1) is 28.1 Å². The Kier molecular flexibility index (Phi) is 3.65. The van der Waals surface area contributed by atoms with E-state index in [-0.39, 0.29) is 11.9 Å². The second kappa shape index (κ2) is 5.81. The number of nitrogens with zero attached hydrogens (tertiary/aromatic N) is 2. The molecule has 1 unspecified atom stereocenters. The van der Waals surface area contributed by atoms with Gasteiger partial charge in [0, 0.05) is 6.54 Å². The number of hydrogen-bond donors (Lipinski definition) is 0. The molecule has 2 aromatic heterocycles. The summed E-state index contributed by atoms with van der Waals surface area (Å²) >= 11 is 1.70. The minimum Gasteiger partial charge on any atom is -0.469 e. The molecule has 0 aliphatic carbocycles. The van der Waals surface area contributed by atoms with Crippen molar-refractivity contribution in [3.63, 3.8) is 0 Å². The Hall–Kier alpha value is -2.14. The number of amides is 1. The number of furan rings is 1. The van der Waals surface area contributed by atoms with Crippen molar-refractivity contribution in [2.75, 3.05) is 6.54 Å². The summed E-state index contributed by atoms with van der Waals surface area (Å²) in [6.45, 7) is 2.62. The summed E-state index contributed by atoms with van der Waals surface area (Å²) in [5, 5.41) is 1.04. The number of para-hydroxylation sites is 1. The molecule has 1 aromatic carbocycles. The van der Waals surface area contributed by atoms with Crippen LogP contribution in [0.5, 0.6) is 0 Å². The summed E-state index contributed by atoms with van der Waals surface area (Å²) in [7, 11) is 0. The number of aromatic nitrogens is 1. The second-order valence-electron chi connectivity index (χ2n) is 5.92. The summed E-state index contributed by atoms with van der Waals surface area (Å²) in [5.41, 5.74) is 1.68. The molecule has 118 valence electrons. The zero-order chi connectivity index (χ0) is 15.8. The van der Waals surface area contributed by atoms with Crippen LogP contribution in [0.2, 0.25) is 0 Å². The second-order valence-corrected chi connectivity index (χ2v) is 6.98. The van der Waals surface area contributed by atoms with Crippen LogP contribution in [0.4, 0.5) is 0 Å². The van der Waals surface area contributed by atoms with E-state index in [1.807, 2.05) is 30.0 Å². The van der Waals surface area contributed by atoms with Gasteiger partial charge < -0.3 is 9.32 Å². The topological polar surface area (TPSA) is 46.3 Å². The quantitative estimate of drug-likeness (QED) is 0.693. The highest BCUT2D eigenvalue weighted by molar-refractivity contribution is 7.18. The van der Waals surface area contributed by atoms with Crippen LogP contribution < -0.4 is 0 Å². The Morgan fingerprint density at radius 2 is 2.17 bits per heavy atom. The molecule has 4 rings (SSSR count). The van der Waals surface area contributed by atoms with Gasteiger partial charge in [-0.15, -0.1) is 11.3 Å². The van der Waals surface area contributed by atoms with E-state index in [1.165, 1.54) is 4.70 Å². The molecule has 23 heavy (non-hydrogen) atoms. The van der Waals surface area contributed by atoms with E-state index in [2.05, 4.69) is 6.07 Å². The van der Waals surface area contributed by atoms with E-state index < -0.39 is 0 Å². The minimum atomic E-state index is 0.0557. The minimum absolute atomic E-state index is 0.0557. The monoisotopic (exact) mass is 326 g/mol. The van der Waals surface area contributed by atoms with Crippen LogP contribution in [-0.4, -0.2) is 22.3 Å². The molecule has 1 aliphatic heterocycles. The molecule has 1 saturated heterocycles. The van der Waals surface area contributed by atoms with Gasteiger partial charge in [0.15, 0.2) is 0 Å². The molecule has 4 nitrogen and oxygen atoms in total. The Balaban J connectivity index is 1.70. The first-order valence-electron chi connectivity index (χ1n) is 7.94. The Labute approximate surface area is 138 Å². The van der Waals surface area contributed by atoms with Crippen molar-refractivity contribution in [1.82, 2.24) is 9.88 Å². The van der Waals surface area contributed by atoms with E-state index in [4.69, 9.17) is 9.40 Å². The molecule has 0 spiro atoms. The predicted molar refractivity (Wildman–Crippen MR) is 90.7 cm³/mol. The van der Waals surface area contributed by atoms with E-state index in [1.54, 1.807) is 23.7 Å². The van der Waals surface area contributed by atoms with Crippen molar-refractivity contribution in [3.8, 4) is 0 Å². The molecule has 1 atom stereocenters. The first kappa shape index (κ1) is 14.5. The van der Waals surface area contributed by atoms with E-state index in [9.17, 15) is 4.79 Å².